The summed E-state index contributed by atoms with van der Waals surface area (Å²) in [5.74, 6) is -5.84. The Bertz CT molecular complexity index is 1560. The maximum atomic E-state index is 13.1. The fraction of sp³-hybridized carbons (Fsp3) is 0.457. The molecule has 1 fully saturated rings. The van der Waals surface area contributed by atoms with Crippen LogP contribution in [0.1, 0.15) is 28.8 Å². The van der Waals surface area contributed by atoms with E-state index in [1.807, 2.05) is 6.92 Å². The van der Waals surface area contributed by atoms with Gasteiger partial charge in [-0.2, -0.15) is 0 Å². The number of carboxylic acids is 4. The van der Waals surface area contributed by atoms with Crippen LogP contribution in [0.25, 0.3) is 0 Å². The highest BCUT2D eigenvalue weighted by Gasteiger charge is 2.24. The van der Waals surface area contributed by atoms with Crippen LogP contribution in [-0.2, 0) is 28.8 Å². The van der Waals surface area contributed by atoms with Crippen molar-refractivity contribution in [1.82, 2.24) is 24.9 Å². The van der Waals surface area contributed by atoms with Crippen LogP contribution in [0, 0.1) is 6.92 Å². The minimum atomic E-state index is -1.14. The number of carbonyl (C=O) groups excluding carboxylic acids is 3. The molecule has 1 aliphatic heterocycles. The Labute approximate surface area is 306 Å². The molecule has 0 bridgehead atoms. The Morgan fingerprint density at radius 2 is 0.962 bits per heavy atom. The van der Waals surface area contributed by atoms with Crippen molar-refractivity contribution in [3.8, 4) is 0 Å². The van der Waals surface area contributed by atoms with Crippen molar-refractivity contribution < 1.29 is 54.0 Å². The Kier molecular flexibility index (Phi) is 16.8. The van der Waals surface area contributed by atoms with Gasteiger partial charge in [0.05, 0.1) is 26.2 Å². The molecule has 3 amide bonds. The number of aliphatic carboxylic acids is 4. The molecule has 1 saturated heterocycles. The molecule has 0 saturated carbocycles. The molecule has 0 aromatic heterocycles. The van der Waals surface area contributed by atoms with E-state index in [2.05, 4.69) is 16.0 Å². The summed E-state index contributed by atoms with van der Waals surface area (Å²) in [5, 5.41) is 45.4. The van der Waals surface area contributed by atoms with Gasteiger partial charge in [-0.1, -0.05) is 17.7 Å². The first kappa shape index (κ1) is 42.0. The zero-order valence-electron chi connectivity index (χ0n) is 29.5. The van der Waals surface area contributed by atoms with E-state index >= 15 is 0 Å². The summed E-state index contributed by atoms with van der Waals surface area (Å²) in [7, 11) is 0. The number of anilines is 2. The molecule has 18 heteroatoms. The van der Waals surface area contributed by atoms with Gasteiger partial charge in [0.15, 0.2) is 0 Å². The molecule has 1 aliphatic rings. The molecule has 2 aromatic carbocycles. The molecule has 7 N–H and O–H groups in total. The largest absolute Gasteiger partial charge is 0.481 e. The van der Waals surface area contributed by atoms with Gasteiger partial charge in [-0.3, -0.25) is 53.2 Å². The highest BCUT2D eigenvalue weighted by atomic mass is 16.4. The van der Waals surface area contributed by atoms with Gasteiger partial charge in [-0.25, -0.2) is 0 Å². The number of rotatable bonds is 16. The number of carboxylic acid groups (broad SMARTS) is 4. The first-order chi connectivity index (χ1) is 25.2. The summed E-state index contributed by atoms with van der Waals surface area (Å²) in [6, 6.07) is 11.7. The maximum absolute atomic E-state index is 13.1. The number of hydrogen-bond donors (Lipinski definition) is 7. The lowest BCUT2D eigenvalue weighted by Crippen LogP contribution is -2.49. The molecule has 3 rings (SSSR count). The number of benzene rings is 2. The molecular weight excluding hydrogens is 694 g/mol. The standard InChI is InChI=1S/C35H47N7O11/c1-24-2-4-25(5-3-24)34(52)38-28(10-11-30(44)45)35(53)37-27-8-6-26(7-9-27)36-29(43)20-39-12-14-40(21-31(46)47)16-18-42(23-33(50)51)19-17-41(15-13-39)22-32(48)49/h2-9,28H,10-23H2,1H3,(H,36,43)(H,37,53)(H,38,52)(H,44,45)(H,46,47)(H,48,49)(H,50,51). The topological polar surface area (TPSA) is 249 Å². The van der Waals surface area contributed by atoms with E-state index in [1.54, 1.807) is 56.0 Å². The maximum Gasteiger partial charge on any atom is 0.317 e. The van der Waals surface area contributed by atoms with E-state index in [1.165, 1.54) is 12.1 Å². The molecule has 1 heterocycles. The van der Waals surface area contributed by atoms with Crippen LogP contribution in [0.2, 0.25) is 0 Å². The van der Waals surface area contributed by atoms with Crippen molar-refractivity contribution in [2.24, 2.45) is 0 Å². The molecule has 1 atom stereocenters. The van der Waals surface area contributed by atoms with Gasteiger partial charge in [0.1, 0.15) is 6.04 Å². The van der Waals surface area contributed by atoms with Gasteiger partial charge in [-0.15, -0.1) is 0 Å². The Morgan fingerprint density at radius 1 is 0.566 bits per heavy atom. The summed E-state index contributed by atoms with van der Waals surface area (Å²) in [5.41, 5.74) is 1.99. The van der Waals surface area contributed by atoms with E-state index in [0.29, 0.717) is 16.9 Å². The van der Waals surface area contributed by atoms with E-state index < -0.39 is 47.6 Å². The molecule has 0 radical (unpaired) electrons. The molecule has 1 unspecified atom stereocenters. The van der Waals surface area contributed by atoms with Crippen LogP contribution in [-0.4, -0.2) is 166 Å². The number of nitrogens with zero attached hydrogens (tertiary/aromatic N) is 4. The zero-order chi connectivity index (χ0) is 38.9. The lowest BCUT2D eigenvalue weighted by Gasteiger charge is -2.32. The average molecular weight is 742 g/mol. The van der Waals surface area contributed by atoms with Crippen molar-refractivity contribution in [1.29, 1.82) is 0 Å². The van der Waals surface area contributed by atoms with Gasteiger partial charge in [0, 0.05) is 75.7 Å². The third kappa shape index (κ3) is 16.2. The predicted molar refractivity (Wildman–Crippen MR) is 192 cm³/mol. The molecule has 288 valence electrons. The summed E-state index contributed by atoms with van der Waals surface area (Å²) in [4.78, 5) is 91.4. The number of nitrogens with one attached hydrogen (secondary N) is 3. The van der Waals surface area contributed by atoms with E-state index in [4.69, 9.17) is 5.11 Å². The van der Waals surface area contributed by atoms with Gasteiger partial charge in [-0.05, 0) is 49.7 Å². The molecule has 53 heavy (non-hydrogen) atoms. The summed E-state index contributed by atoms with van der Waals surface area (Å²) < 4.78 is 0. The lowest BCUT2D eigenvalue weighted by atomic mass is 10.1. The van der Waals surface area contributed by atoms with Gasteiger partial charge < -0.3 is 36.4 Å². The lowest BCUT2D eigenvalue weighted by molar-refractivity contribution is -0.140. The Balaban J connectivity index is 1.64. The summed E-state index contributed by atoms with van der Waals surface area (Å²) in [6.45, 7) is 2.99. The van der Waals surface area contributed by atoms with Crippen LogP contribution in [0.5, 0.6) is 0 Å². The molecule has 18 nitrogen and oxygen atoms in total. The number of carbonyl (C=O) groups is 7. The smallest absolute Gasteiger partial charge is 0.317 e. The van der Waals surface area contributed by atoms with Crippen molar-refractivity contribution in [2.45, 2.75) is 25.8 Å². The van der Waals surface area contributed by atoms with Crippen LogP contribution in [0.15, 0.2) is 48.5 Å². The van der Waals surface area contributed by atoms with Crippen LogP contribution in [0.3, 0.4) is 0 Å². The zero-order valence-corrected chi connectivity index (χ0v) is 29.5. The second-order valence-corrected chi connectivity index (χ2v) is 12.7. The monoisotopic (exact) mass is 741 g/mol. The number of amides is 3. The number of aryl methyl sites for hydroxylation is 1. The van der Waals surface area contributed by atoms with E-state index in [0.717, 1.165) is 5.56 Å². The fourth-order valence-electron chi connectivity index (χ4n) is 5.54. The highest BCUT2D eigenvalue weighted by molar-refractivity contribution is 6.01. The SMILES string of the molecule is Cc1ccc(C(=O)NC(CCC(=O)O)C(=O)Nc2ccc(NC(=O)CN3CCN(CC(=O)O)CCN(CC(=O)O)CCN(CC(=O)O)CC3)cc2)cc1. The summed E-state index contributed by atoms with van der Waals surface area (Å²) >= 11 is 0. The predicted octanol–water partition coefficient (Wildman–Crippen LogP) is 0.0108. The van der Waals surface area contributed by atoms with Crippen LogP contribution in [0.4, 0.5) is 11.4 Å². The quantitative estimate of drug-likeness (QED) is 0.120. The third-order valence-electron chi connectivity index (χ3n) is 8.39. The molecule has 2 aromatic rings. The second-order valence-electron chi connectivity index (χ2n) is 12.7. The van der Waals surface area contributed by atoms with Gasteiger partial charge in [0.2, 0.25) is 11.8 Å². The van der Waals surface area contributed by atoms with Crippen molar-refractivity contribution >= 4 is 53.0 Å². The van der Waals surface area contributed by atoms with E-state index in [-0.39, 0.29) is 91.4 Å². The number of hydrogen-bond acceptors (Lipinski definition) is 11. The van der Waals surface area contributed by atoms with E-state index in [9.17, 15) is 48.9 Å². The molecule has 0 spiro atoms. The summed E-state index contributed by atoms with van der Waals surface area (Å²) in [6.07, 6.45) is -0.496. The Morgan fingerprint density at radius 3 is 1.36 bits per heavy atom. The van der Waals surface area contributed by atoms with Crippen molar-refractivity contribution in [2.75, 3.05) is 89.2 Å². The van der Waals surface area contributed by atoms with Crippen LogP contribution >= 0.6 is 0 Å². The third-order valence-corrected chi connectivity index (χ3v) is 8.39. The first-order valence-electron chi connectivity index (χ1n) is 17.0. The van der Waals surface area contributed by atoms with Gasteiger partial charge >= 0.3 is 23.9 Å². The first-order valence-corrected chi connectivity index (χ1v) is 17.0. The normalized spacial score (nSPS) is 15.9. The molecular formula is C35H47N7O11. The highest BCUT2D eigenvalue weighted by Crippen LogP contribution is 2.15. The fourth-order valence-corrected chi connectivity index (χ4v) is 5.54. The van der Waals surface area contributed by atoms with Crippen molar-refractivity contribution in [3.63, 3.8) is 0 Å². The van der Waals surface area contributed by atoms with Crippen molar-refractivity contribution in [3.05, 3.63) is 59.7 Å². The minimum absolute atomic E-state index is 0.0998. The van der Waals surface area contributed by atoms with Crippen LogP contribution < -0.4 is 16.0 Å². The minimum Gasteiger partial charge on any atom is -0.481 e. The van der Waals surface area contributed by atoms with Gasteiger partial charge in [0.25, 0.3) is 5.91 Å². The Hall–Kier alpha value is -5.43. The average Bonchev–Trinajstić information content (AvgIpc) is 3.08. The second kappa shape index (κ2) is 21.2. The molecule has 0 aliphatic carbocycles.